The van der Waals surface area contributed by atoms with E-state index in [1.165, 1.54) is 6.08 Å². The van der Waals surface area contributed by atoms with Gasteiger partial charge in [0.25, 0.3) is 0 Å². The van der Waals surface area contributed by atoms with Crippen molar-refractivity contribution in [3.63, 3.8) is 0 Å². The van der Waals surface area contributed by atoms with Crippen LogP contribution in [0.1, 0.15) is 53.9 Å². The number of Topliss-reactive ketones (excluding diaryl/α,β-unsaturated/α-hetero) is 1. The second-order valence-corrected chi connectivity index (χ2v) is 6.59. The summed E-state index contributed by atoms with van der Waals surface area (Å²) >= 11 is 0. The molecule has 21 heavy (non-hydrogen) atoms. The fourth-order valence-corrected chi connectivity index (χ4v) is 2.12. The Bertz CT molecular complexity index is 519. The molecule has 1 aliphatic rings. The van der Waals surface area contributed by atoms with Gasteiger partial charge >= 0.3 is 0 Å². The minimum absolute atomic E-state index is 0.0224. The van der Waals surface area contributed by atoms with E-state index >= 15 is 0 Å². The molecular weight excluding hydrogens is 266 g/mol. The summed E-state index contributed by atoms with van der Waals surface area (Å²) in [5.41, 5.74) is 1.32. The molecular formula is C17H25NO3. The summed E-state index contributed by atoms with van der Waals surface area (Å²) in [4.78, 5) is 35.4. The van der Waals surface area contributed by atoms with Crippen molar-refractivity contribution in [2.24, 2.45) is 5.41 Å². The first-order valence-electron chi connectivity index (χ1n) is 7.40. The number of carbonyl (C=O) groups excluding carboxylic acids is 3. The smallest absolute Gasteiger partial charge is 0.225 e. The maximum absolute atomic E-state index is 12.0. The topological polar surface area (TPSA) is 63.2 Å². The summed E-state index contributed by atoms with van der Waals surface area (Å²) in [6, 6.07) is 0. The lowest BCUT2D eigenvalue weighted by Gasteiger charge is -2.18. The predicted octanol–water partition coefficient (Wildman–Crippen LogP) is 2.73. The molecule has 0 radical (unpaired) electrons. The monoisotopic (exact) mass is 291 g/mol. The van der Waals surface area contributed by atoms with Crippen molar-refractivity contribution in [2.45, 2.75) is 53.9 Å². The van der Waals surface area contributed by atoms with Gasteiger partial charge < -0.3 is 5.32 Å². The van der Waals surface area contributed by atoms with E-state index in [-0.39, 0.29) is 22.9 Å². The Balaban J connectivity index is 2.43. The number of carbonyl (C=O) groups is 3. The molecule has 0 aromatic carbocycles. The third-order valence-corrected chi connectivity index (χ3v) is 3.62. The Morgan fingerprint density at radius 3 is 2.33 bits per heavy atom. The molecule has 0 aromatic rings. The molecule has 0 unspecified atom stereocenters. The maximum Gasteiger partial charge on any atom is 0.225 e. The quantitative estimate of drug-likeness (QED) is 0.626. The van der Waals surface area contributed by atoms with Gasteiger partial charge in [-0.05, 0) is 39.2 Å². The standard InChI is InChI=1S/C17H25NO3/c1-11-10-14(19)12(2)13(15(11)20)8-6-7-9-18-16(21)17(3,4)5/h10H,6-9H2,1-5H3,(H,18,21). The minimum atomic E-state index is -0.382. The van der Waals surface area contributed by atoms with Crippen LogP contribution in [0.2, 0.25) is 0 Å². The molecule has 0 heterocycles. The first-order chi connectivity index (χ1) is 9.64. The number of rotatable bonds is 5. The highest BCUT2D eigenvalue weighted by molar-refractivity contribution is 6.22. The molecule has 0 spiro atoms. The largest absolute Gasteiger partial charge is 0.356 e. The van der Waals surface area contributed by atoms with Crippen LogP contribution in [-0.4, -0.2) is 24.0 Å². The lowest BCUT2D eigenvalue weighted by atomic mass is 9.88. The fraction of sp³-hybridized carbons (Fsp3) is 0.588. The molecule has 1 aliphatic carbocycles. The summed E-state index contributed by atoms with van der Waals surface area (Å²) < 4.78 is 0. The third kappa shape index (κ3) is 4.66. The summed E-state index contributed by atoms with van der Waals surface area (Å²) in [5, 5.41) is 2.88. The zero-order valence-electron chi connectivity index (χ0n) is 13.6. The van der Waals surface area contributed by atoms with Gasteiger partial charge in [0, 0.05) is 28.7 Å². The Morgan fingerprint density at radius 2 is 1.76 bits per heavy atom. The Hall–Kier alpha value is -1.71. The number of nitrogens with one attached hydrogen (secondary N) is 1. The van der Waals surface area contributed by atoms with E-state index in [4.69, 9.17) is 0 Å². The number of hydrogen-bond acceptors (Lipinski definition) is 3. The highest BCUT2D eigenvalue weighted by Crippen LogP contribution is 2.23. The summed E-state index contributed by atoms with van der Waals surface area (Å²) in [5.74, 6) is -0.0606. The highest BCUT2D eigenvalue weighted by Gasteiger charge is 2.23. The van der Waals surface area contributed by atoms with E-state index in [2.05, 4.69) is 5.32 Å². The Labute approximate surface area is 126 Å². The van der Waals surface area contributed by atoms with Crippen molar-refractivity contribution >= 4 is 17.5 Å². The molecule has 0 aromatic heterocycles. The second-order valence-electron chi connectivity index (χ2n) is 6.59. The van der Waals surface area contributed by atoms with Gasteiger partial charge in [-0.2, -0.15) is 0 Å². The molecule has 0 fully saturated rings. The SMILES string of the molecule is CC1=CC(=O)C(C)=C(CCCCNC(=O)C(C)(C)C)C1=O. The van der Waals surface area contributed by atoms with Gasteiger partial charge in [0.05, 0.1) is 0 Å². The third-order valence-electron chi connectivity index (χ3n) is 3.62. The molecule has 116 valence electrons. The average molecular weight is 291 g/mol. The van der Waals surface area contributed by atoms with E-state index in [1.54, 1.807) is 13.8 Å². The minimum Gasteiger partial charge on any atom is -0.356 e. The van der Waals surface area contributed by atoms with Crippen LogP contribution in [0.15, 0.2) is 22.8 Å². The zero-order chi connectivity index (χ0) is 16.2. The predicted molar refractivity (Wildman–Crippen MR) is 82.8 cm³/mol. The molecule has 4 nitrogen and oxygen atoms in total. The number of ketones is 2. The zero-order valence-corrected chi connectivity index (χ0v) is 13.6. The first kappa shape index (κ1) is 17.3. The molecule has 1 rings (SSSR count). The molecule has 0 bridgehead atoms. The van der Waals surface area contributed by atoms with Crippen LogP contribution in [0, 0.1) is 5.41 Å². The van der Waals surface area contributed by atoms with Crippen LogP contribution < -0.4 is 5.32 Å². The van der Waals surface area contributed by atoms with Gasteiger partial charge in [0.15, 0.2) is 11.6 Å². The number of unbranched alkanes of at least 4 members (excludes halogenated alkanes) is 1. The first-order valence-corrected chi connectivity index (χ1v) is 7.40. The van der Waals surface area contributed by atoms with Crippen molar-refractivity contribution in [1.29, 1.82) is 0 Å². The number of hydrogen-bond donors (Lipinski definition) is 1. The Kier molecular flexibility index (Phi) is 5.64. The van der Waals surface area contributed by atoms with E-state index in [9.17, 15) is 14.4 Å². The van der Waals surface area contributed by atoms with Crippen LogP contribution in [0.3, 0.4) is 0 Å². The van der Waals surface area contributed by atoms with Crippen LogP contribution in [-0.2, 0) is 14.4 Å². The maximum atomic E-state index is 12.0. The van der Waals surface area contributed by atoms with Gasteiger partial charge in [-0.3, -0.25) is 14.4 Å². The fourth-order valence-electron chi connectivity index (χ4n) is 2.12. The van der Waals surface area contributed by atoms with Crippen molar-refractivity contribution in [1.82, 2.24) is 5.32 Å². The highest BCUT2D eigenvalue weighted by atomic mass is 16.2. The molecule has 0 saturated carbocycles. The summed E-state index contributed by atoms with van der Waals surface area (Å²) in [7, 11) is 0. The molecule has 0 aliphatic heterocycles. The van der Waals surface area contributed by atoms with Crippen molar-refractivity contribution in [3.05, 3.63) is 22.8 Å². The van der Waals surface area contributed by atoms with Crippen LogP contribution in [0.4, 0.5) is 0 Å². The van der Waals surface area contributed by atoms with Gasteiger partial charge in [-0.25, -0.2) is 0 Å². The van der Waals surface area contributed by atoms with Gasteiger partial charge in [0.1, 0.15) is 0 Å². The average Bonchev–Trinajstić information content (AvgIpc) is 2.38. The van der Waals surface area contributed by atoms with E-state index < -0.39 is 0 Å². The molecule has 0 atom stereocenters. The van der Waals surface area contributed by atoms with Crippen LogP contribution in [0.25, 0.3) is 0 Å². The van der Waals surface area contributed by atoms with Crippen molar-refractivity contribution < 1.29 is 14.4 Å². The summed E-state index contributed by atoms with van der Waals surface area (Å²) in [6.07, 6.45) is 3.57. The molecule has 1 amide bonds. The van der Waals surface area contributed by atoms with E-state index in [0.29, 0.717) is 29.7 Å². The normalized spacial score (nSPS) is 16.1. The van der Waals surface area contributed by atoms with Crippen LogP contribution >= 0.6 is 0 Å². The molecule has 1 N–H and O–H groups in total. The van der Waals surface area contributed by atoms with Crippen molar-refractivity contribution in [2.75, 3.05) is 6.54 Å². The number of allylic oxidation sites excluding steroid dienone is 4. The van der Waals surface area contributed by atoms with Crippen LogP contribution in [0.5, 0.6) is 0 Å². The van der Waals surface area contributed by atoms with Gasteiger partial charge in [-0.1, -0.05) is 20.8 Å². The lowest BCUT2D eigenvalue weighted by molar-refractivity contribution is -0.128. The van der Waals surface area contributed by atoms with Gasteiger partial charge in [-0.15, -0.1) is 0 Å². The molecule has 0 saturated heterocycles. The van der Waals surface area contributed by atoms with E-state index in [0.717, 1.165) is 12.8 Å². The van der Waals surface area contributed by atoms with Crippen molar-refractivity contribution in [3.8, 4) is 0 Å². The second kappa shape index (κ2) is 6.83. The van der Waals surface area contributed by atoms with E-state index in [1.807, 2.05) is 20.8 Å². The van der Waals surface area contributed by atoms with Gasteiger partial charge in [0.2, 0.25) is 5.91 Å². The number of amides is 1. The lowest BCUT2D eigenvalue weighted by Crippen LogP contribution is -2.35. The Morgan fingerprint density at radius 1 is 1.14 bits per heavy atom. The molecule has 4 heteroatoms. The summed E-state index contributed by atoms with van der Waals surface area (Å²) in [6.45, 7) is 9.60.